The third-order valence-corrected chi connectivity index (χ3v) is 5.87. The number of rotatable bonds is 6. The third-order valence-electron chi connectivity index (χ3n) is 4.46. The molecule has 2 rings (SSSR count). The van der Waals surface area contributed by atoms with Crippen molar-refractivity contribution in [3.05, 3.63) is 29.8 Å². The van der Waals surface area contributed by atoms with Gasteiger partial charge in [-0.25, -0.2) is 13.1 Å². The molecule has 0 bridgehead atoms. The first-order valence-electron chi connectivity index (χ1n) is 7.86. The van der Waals surface area contributed by atoms with Crippen molar-refractivity contribution in [1.82, 2.24) is 10.0 Å². The predicted molar refractivity (Wildman–Crippen MR) is 87.1 cm³/mol. The van der Waals surface area contributed by atoms with Crippen LogP contribution in [0.25, 0.3) is 0 Å². The number of sulfonamides is 1. The molecule has 1 aromatic carbocycles. The van der Waals surface area contributed by atoms with E-state index in [1.54, 1.807) is 18.2 Å². The Morgan fingerprint density at radius 2 is 1.95 bits per heavy atom. The molecular weight excluding hydrogens is 300 g/mol. The fourth-order valence-corrected chi connectivity index (χ4v) is 3.70. The fraction of sp³-hybridized carbons (Fsp3) is 0.625. The monoisotopic (exact) mass is 326 g/mol. The Morgan fingerprint density at radius 3 is 2.59 bits per heavy atom. The van der Waals surface area contributed by atoms with Crippen LogP contribution in [0.4, 0.5) is 0 Å². The van der Waals surface area contributed by atoms with Gasteiger partial charge in [-0.1, -0.05) is 31.4 Å². The smallest absolute Gasteiger partial charge is 0.240 e. The van der Waals surface area contributed by atoms with Gasteiger partial charge in [0.25, 0.3) is 0 Å². The number of nitrogens with one attached hydrogen (secondary N) is 2. The van der Waals surface area contributed by atoms with Gasteiger partial charge in [0.2, 0.25) is 10.0 Å². The van der Waals surface area contributed by atoms with E-state index < -0.39 is 15.6 Å². The number of aliphatic hydroxyl groups is 1. The summed E-state index contributed by atoms with van der Waals surface area (Å²) in [4.78, 5) is 0.262. The summed E-state index contributed by atoms with van der Waals surface area (Å²) in [6.45, 7) is 2.52. The van der Waals surface area contributed by atoms with E-state index in [0.717, 1.165) is 31.2 Å². The van der Waals surface area contributed by atoms with Crippen molar-refractivity contribution in [2.45, 2.75) is 55.6 Å². The third kappa shape index (κ3) is 4.29. The van der Waals surface area contributed by atoms with Crippen molar-refractivity contribution in [1.29, 1.82) is 0 Å². The van der Waals surface area contributed by atoms with Crippen molar-refractivity contribution in [3.63, 3.8) is 0 Å². The lowest BCUT2D eigenvalue weighted by Gasteiger charge is -2.33. The van der Waals surface area contributed by atoms with Gasteiger partial charge in [-0.05, 0) is 44.5 Å². The molecule has 0 amide bonds. The first kappa shape index (κ1) is 17.4. The molecule has 0 spiro atoms. The summed E-state index contributed by atoms with van der Waals surface area (Å²) >= 11 is 0. The molecule has 0 aromatic heterocycles. The summed E-state index contributed by atoms with van der Waals surface area (Å²) in [6.07, 6.45) is 5.01. The summed E-state index contributed by atoms with van der Waals surface area (Å²) in [5, 5.41) is 13.9. The first-order chi connectivity index (χ1) is 10.4. The maximum absolute atomic E-state index is 11.9. The van der Waals surface area contributed by atoms with E-state index in [1.807, 2.05) is 13.0 Å². The molecule has 1 atom stereocenters. The average molecular weight is 326 g/mol. The molecule has 22 heavy (non-hydrogen) atoms. The van der Waals surface area contributed by atoms with Crippen molar-refractivity contribution in [2.24, 2.45) is 0 Å². The number of hydrogen-bond acceptors (Lipinski definition) is 4. The van der Waals surface area contributed by atoms with Crippen molar-refractivity contribution in [3.8, 4) is 0 Å². The van der Waals surface area contributed by atoms with Crippen LogP contribution in [0.1, 0.15) is 50.6 Å². The van der Waals surface area contributed by atoms with Crippen LogP contribution in [0.2, 0.25) is 0 Å². The standard InChI is InChI=1S/C16H26N2O3S/c1-13(18-12-16(19)9-4-3-5-10-16)14-7-6-8-15(11-14)22(20,21)17-2/h6-8,11,13,17-19H,3-5,9-10,12H2,1-2H3. The van der Waals surface area contributed by atoms with Crippen LogP contribution in [0, 0.1) is 0 Å². The van der Waals surface area contributed by atoms with Gasteiger partial charge in [0.15, 0.2) is 0 Å². The quantitative estimate of drug-likeness (QED) is 0.746. The summed E-state index contributed by atoms with van der Waals surface area (Å²) in [6, 6.07) is 6.88. The molecule has 0 aliphatic heterocycles. The molecular formula is C16H26N2O3S. The molecule has 1 unspecified atom stereocenters. The normalized spacial score (nSPS) is 19.8. The van der Waals surface area contributed by atoms with Crippen LogP contribution in [0.5, 0.6) is 0 Å². The zero-order valence-electron chi connectivity index (χ0n) is 13.3. The summed E-state index contributed by atoms with van der Waals surface area (Å²) in [5.41, 5.74) is 0.275. The lowest BCUT2D eigenvalue weighted by Crippen LogP contribution is -2.42. The lowest BCUT2D eigenvalue weighted by atomic mass is 9.84. The second kappa shape index (κ2) is 7.08. The van der Waals surface area contributed by atoms with E-state index in [0.29, 0.717) is 6.54 Å². The van der Waals surface area contributed by atoms with Crippen LogP contribution in [0.3, 0.4) is 0 Å². The zero-order chi connectivity index (χ0) is 16.2. The van der Waals surface area contributed by atoms with E-state index in [9.17, 15) is 13.5 Å². The van der Waals surface area contributed by atoms with Crippen LogP contribution in [0.15, 0.2) is 29.2 Å². The van der Waals surface area contributed by atoms with Gasteiger partial charge in [0, 0.05) is 12.6 Å². The highest BCUT2D eigenvalue weighted by molar-refractivity contribution is 7.89. The highest BCUT2D eigenvalue weighted by atomic mass is 32.2. The van der Waals surface area contributed by atoms with E-state index >= 15 is 0 Å². The van der Waals surface area contributed by atoms with E-state index in [2.05, 4.69) is 10.0 Å². The lowest BCUT2D eigenvalue weighted by molar-refractivity contribution is 0.00299. The van der Waals surface area contributed by atoms with Crippen molar-refractivity contribution < 1.29 is 13.5 Å². The molecule has 0 saturated heterocycles. The van der Waals surface area contributed by atoms with Gasteiger partial charge in [0.05, 0.1) is 10.5 Å². The fourth-order valence-electron chi connectivity index (χ4n) is 2.92. The van der Waals surface area contributed by atoms with E-state index in [-0.39, 0.29) is 10.9 Å². The number of hydrogen-bond donors (Lipinski definition) is 3. The van der Waals surface area contributed by atoms with Gasteiger partial charge in [0.1, 0.15) is 0 Å². The molecule has 124 valence electrons. The minimum absolute atomic E-state index is 0.0158. The minimum atomic E-state index is -3.43. The summed E-state index contributed by atoms with van der Waals surface area (Å²) < 4.78 is 26.0. The average Bonchev–Trinajstić information content (AvgIpc) is 2.53. The largest absolute Gasteiger partial charge is 0.389 e. The minimum Gasteiger partial charge on any atom is -0.389 e. The molecule has 0 heterocycles. The van der Waals surface area contributed by atoms with E-state index in [4.69, 9.17) is 0 Å². The number of benzene rings is 1. The predicted octanol–water partition coefficient (Wildman–Crippen LogP) is 1.94. The molecule has 1 aliphatic carbocycles. The second-order valence-electron chi connectivity index (χ2n) is 6.17. The highest BCUT2D eigenvalue weighted by Crippen LogP contribution is 2.28. The first-order valence-corrected chi connectivity index (χ1v) is 9.34. The molecule has 1 fully saturated rings. The SMILES string of the molecule is CNS(=O)(=O)c1cccc(C(C)NCC2(O)CCCCC2)c1. The molecule has 3 N–H and O–H groups in total. The Morgan fingerprint density at radius 1 is 1.27 bits per heavy atom. The molecule has 1 aliphatic rings. The molecule has 0 radical (unpaired) electrons. The van der Waals surface area contributed by atoms with Gasteiger partial charge in [-0.2, -0.15) is 0 Å². The maximum Gasteiger partial charge on any atom is 0.240 e. The van der Waals surface area contributed by atoms with Gasteiger partial charge in [-0.15, -0.1) is 0 Å². The van der Waals surface area contributed by atoms with Crippen LogP contribution in [-0.4, -0.2) is 32.7 Å². The molecule has 1 aromatic rings. The van der Waals surface area contributed by atoms with E-state index in [1.165, 1.54) is 13.5 Å². The Kier molecular flexibility index (Phi) is 5.60. The zero-order valence-corrected chi connectivity index (χ0v) is 14.1. The molecule has 1 saturated carbocycles. The highest BCUT2D eigenvalue weighted by Gasteiger charge is 2.29. The Labute approximate surface area is 133 Å². The Balaban J connectivity index is 2.03. The van der Waals surface area contributed by atoms with Gasteiger partial charge < -0.3 is 10.4 Å². The van der Waals surface area contributed by atoms with Crippen LogP contribution >= 0.6 is 0 Å². The Hall–Kier alpha value is -0.950. The second-order valence-corrected chi connectivity index (χ2v) is 8.05. The maximum atomic E-state index is 11.9. The topological polar surface area (TPSA) is 78.4 Å². The van der Waals surface area contributed by atoms with Crippen LogP contribution < -0.4 is 10.0 Å². The molecule has 5 nitrogen and oxygen atoms in total. The van der Waals surface area contributed by atoms with Gasteiger partial charge in [-0.3, -0.25) is 0 Å². The van der Waals surface area contributed by atoms with Gasteiger partial charge >= 0.3 is 0 Å². The van der Waals surface area contributed by atoms with Crippen molar-refractivity contribution in [2.75, 3.05) is 13.6 Å². The Bertz CT molecular complexity index is 595. The summed E-state index contributed by atoms with van der Waals surface area (Å²) in [7, 11) is -2.02. The van der Waals surface area contributed by atoms with Crippen LogP contribution in [-0.2, 0) is 10.0 Å². The molecule has 6 heteroatoms. The van der Waals surface area contributed by atoms with Crippen molar-refractivity contribution >= 4 is 10.0 Å². The summed E-state index contributed by atoms with van der Waals surface area (Å²) in [5.74, 6) is 0.